The number of nitrogen functional groups attached to an aromatic ring is 1. The van der Waals surface area contributed by atoms with Crippen molar-refractivity contribution in [2.24, 2.45) is 0 Å². The zero-order valence-corrected chi connectivity index (χ0v) is 21.8. The maximum atomic E-state index is 15.4. The van der Waals surface area contributed by atoms with Crippen molar-refractivity contribution in [3.63, 3.8) is 0 Å². The second-order valence-electron chi connectivity index (χ2n) is 10.3. The number of carboxylic acids is 1. The van der Waals surface area contributed by atoms with E-state index in [2.05, 4.69) is 5.32 Å². The molecular weight excluding hydrogens is 529 g/mol. The molecule has 12 nitrogen and oxygen atoms in total. The van der Waals surface area contributed by atoms with E-state index in [4.69, 9.17) is 31.9 Å². The van der Waals surface area contributed by atoms with Gasteiger partial charge in [-0.15, -0.1) is 0 Å². The smallest absolute Gasteiger partial charge is 0.341 e. The van der Waals surface area contributed by atoms with Crippen molar-refractivity contribution < 1.29 is 48.7 Å². The molecule has 0 saturated carbocycles. The van der Waals surface area contributed by atoms with Crippen LogP contribution in [0.1, 0.15) is 49.0 Å². The normalized spacial score (nSPS) is 21.0. The molecular formula is C24H33ClFN3O9. The van der Waals surface area contributed by atoms with Gasteiger partial charge in [-0.3, -0.25) is 4.79 Å². The molecule has 2 aliphatic rings. The number of aliphatic hydroxyl groups is 3. The molecule has 1 aromatic carbocycles. The fraction of sp³-hybridized carbons (Fsp3) is 0.625. The minimum Gasteiger partial charge on any atom is -0.479 e. The van der Waals surface area contributed by atoms with Crippen LogP contribution in [0.4, 0.5) is 10.1 Å². The molecule has 2 heterocycles. The topological polar surface area (TPSA) is 192 Å². The number of rotatable bonds is 9. The minimum absolute atomic E-state index is 0.0367. The summed E-state index contributed by atoms with van der Waals surface area (Å²) in [5.74, 6) is -4.00. The summed E-state index contributed by atoms with van der Waals surface area (Å²) in [6, 6.07) is 1.25. The van der Waals surface area contributed by atoms with Crippen molar-refractivity contribution in [3.8, 4) is 5.75 Å². The number of amides is 1. The summed E-state index contributed by atoms with van der Waals surface area (Å²) in [5.41, 5.74) is 3.91. The van der Waals surface area contributed by atoms with Gasteiger partial charge in [0.15, 0.2) is 12.2 Å². The quantitative estimate of drug-likeness (QED) is 0.178. The molecule has 1 fully saturated rings. The van der Waals surface area contributed by atoms with E-state index in [-0.39, 0.29) is 54.3 Å². The number of fused-ring (bicyclic) bond motifs is 1. The Kier molecular flexibility index (Phi) is 9.09. The van der Waals surface area contributed by atoms with Gasteiger partial charge in [-0.1, -0.05) is 11.6 Å². The number of nitrogens with two attached hydrogens (primary N) is 1. The fourth-order valence-corrected chi connectivity index (χ4v) is 4.64. The highest BCUT2D eigenvalue weighted by molar-refractivity contribution is 6.33. The lowest BCUT2D eigenvalue weighted by Gasteiger charge is -2.38. The molecule has 3 rings (SSSR count). The monoisotopic (exact) mass is 561 g/mol. The van der Waals surface area contributed by atoms with Crippen LogP contribution in [0.5, 0.6) is 5.75 Å². The lowest BCUT2D eigenvalue weighted by atomic mass is 9.92. The van der Waals surface area contributed by atoms with E-state index in [1.54, 1.807) is 13.8 Å². The molecule has 0 aliphatic carbocycles. The number of aliphatic hydroxyl groups excluding tert-OH is 2. The number of aliphatic carboxylic acids is 1. The molecule has 3 atom stereocenters. The van der Waals surface area contributed by atoms with Crippen molar-refractivity contribution in [2.75, 3.05) is 31.9 Å². The third-order valence-corrected chi connectivity index (χ3v) is 6.78. The highest BCUT2D eigenvalue weighted by Crippen LogP contribution is 2.40. The predicted molar refractivity (Wildman–Crippen MR) is 132 cm³/mol. The molecule has 0 aromatic heterocycles. The number of halogens is 2. The number of hydrogen-bond donors (Lipinski definition) is 6. The number of piperidine rings is 1. The number of carbonyl (C=O) groups excluding carboxylic acids is 2. The first-order chi connectivity index (χ1) is 17.6. The second kappa shape index (κ2) is 11.6. The highest BCUT2D eigenvalue weighted by atomic mass is 35.5. The van der Waals surface area contributed by atoms with Gasteiger partial charge in [-0.25, -0.2) is 14.0 Å². The number of anilines is 1. The van der Waals surface area contributed by atoms with E-state index in [1.165, 1.54) is 6.07 Å². The summed E-state index contributed by atoms with van der Waals surface area (Å²) >= 11 is 6.20. The number of benzene rings is 1. The molecule has 1 saturated heterocycles. The Labute approximate surface area is 223 Å². The summed E-state index contributed by atoms with van der Waals surface area (Å²) in [6.07, 6.45) is -5.58. The fourth-order valence-electron chi connectivity index (χ4n) is 4.42. The van der Waals surface area contributed by atoms with E-state index in [1.807, 2.05) is 4.90 Å². The SMILES string of the molecule is CC(C)(O)CN1CCC(F)(CNC(=O)c2cc(Cl)c(N)c3c2OC(OC(=O)C(O)C(O)C(=O)O)CC3)CC1. The largest absolute Gasteiger partial charge is 0.479 e. The van der Waals surface area contributed by atoms with Crippen molar-refractivity contribution >= 4 is 35.1 Å². The molecule has 3 unspecified atom stereocenters. The van der Waals surface area contributed by atoms with Crippen LogP contribution in [0.25, 0.3) is 0 Å². The van der Waals surface area contributed by atoms with E-state index in [9.17, 15) is 29.7 Å². The second-order valence-corrected chi connectivity index (χ2v) is 10.7. The van der Waals surface area contributed by atoms with Crippen LogP contribution in [0.3, 0.4) is 0 Å². The Morgan fingerprint density at radius 1 is 1.32 bits per heavy atom. The molecule has 0 radical (unpaired) electrons. The van der Waals surface area contributed by atoms with E-state index in [0.717, 1.165) is 0 Å². The maximum absolute atomic E-state index is 15.4. The average Bonchev–Trinajstić information content (AvgIpc) is 2.84. The number of carboxylic acid groups (broad SMARTS) is 1. The molecule has 0 bridgehead atoms. The summed E-state index contributed by atoms with van der Waals surface area (Å²) in [6.45, 7) is 4.31. The number of β-amino-alcohol motifs (C(OH)–C–C–N with tert-alkyl or cyclic N) is 1. The lowest BCUT2D eigenvalue weighted by molar-refractivity contribution is -0.185. The van der Waals surface area contributed by atoms with Crippen molar-refractivity contribution in [1.29, 1.82) is 0 Å². The Hall–Kier alpha value is -2.71. The first kappa shape index (κ1) is 29.8. The Morgan fingerprint density at radius 2 is 1.95 bits per heavy atom. The van der Waals surface area contributed by atoms with Gasteiger partial charge in [0.2, 0.25) is 6.29 Å². The predicted octanol–water partition coefficient (Wildman–Crippen LogP) is 0.228. The van der Waals surface area contributed by atoms with Crippen molar-refractivity contribution in [1.82, 2.24) is 10.2 Å². The molecule has 212 valence electrons. The van der Waals surface area contributed by atoms with E-state index in [0.29, 0.717) is 25.2 Å². The standard InChI is InChI=1S/C24H33ClFN3O9/c1-23(2,36)11-29-7-5-24(26,6-8-29)10-28-20(32)13-9-14(25)16(27)12-3-4-15(37-19(12)13)38-22(35)18(31)17(30)21(33)34/h9,15,17-18,30-31,36H,3-8,10-11,27H2,1-2H3,(H,28,32)(H,33,34). The summed E-state index contributed by atoms with van der Waals surface area (Å²) in [5, 5.41) is 40.4. The molecule has 14 heteroatoms. The Morgan fingerprint density at radius 3 is 2.53 bits per heavy atom. The van der Waals surface area contributed by atoms with Crippen LogP contribution in [0, 0.1) is 0 Å². The van der Waals surface area contributed by atoms with Crippen molar-refractivity contribution in [2.45, 2.75) is 69.3 Å². The van der Waals surface area contributed by atoms with Crippen LogP contribution in [-0.2, 0) is 20.7 Å². The van der Waals surface area contributed by atoms with E-state index >= 15 is 4.39 Å². The third-order valence-electron chi connectivity index (χ3n) is 6.47. The number of nitrogens with one attached hydrogen (secondary N) is 1. The number of nitrogens with zero attached hydrogens (tertiary/aromatic N) is 1. The third kappa shape index (κ3) is 7.23. The van der Waals surface area contributed by atoms with Crippen LogP contribution in [0.15, 0.2) is 6.07 Å². The highest BCUT2D eigenvalue weighted by Gasteiger charge is 2.38. The van der Waals surface area contributed by atoms with Gasteiger partial charge >= 0.3 is 11.9 Å². The zero-order chi connectivity index (χ0) is 28.4. The molecule has 7 N–H and O–H groups in total. The minimum atomic E-state index is -2.40. The molecule has 38 heavy (non-hydrogen) atoms. The van der Waals surface area contributed by atoms with Crippen molar-refractivity contribution in [3.05, 3.63) is 22.2 Å². The number of carbonyl (C=O) groups is 3. The number of likely N-dealkylation sites (tertiary alicyclic amines) is 1. The van der Waals surface area contributed by atoms with Crippen LogP contribution in [-0.4, -0.2) is 99.1 Å². The van der Waals surface area contributed by atoms with Gasteiger partial charge in [0.25, 0.3) is 5.91 Å². The number of esters is 1. The van der Waals surface area contributed by atoms with Gasteiger partial charge in [0.1, 0.15) is 11.4 Å². The van der Waals surface area contributed by atoms with Crippen LogP contribution < -0.4 is 15.8 Å². The first-order valence-electron chi connectivity index (χ1n) is 12.1. The summed E-state index contributed by atoms with van der Waals surface area (Å²) in [4.78, 5) is 37.9. The average molecular weight is 562 g/mol. The van der Waals surface area contributed by atoms with Gasteiger partial charge in [-0.2, -0.15) is 0 Å². The summed E-state index contributed by atoms with van der Waals surface area (Å²) in [7, 11) is 0. The van der Waals surface area contributed by atoms with Crippen LogP contribution in [0.2, 0.25) is 5.02 Å². The molecule has 1 aromatic rings. The Bertz CT molecular complexity index is 1070. The molecule has 2 aliphatic heterocycles. The van der Waals surface area contributed by atoms with Crippen LogP contribution >= 0.6 is 11.6 Å². The molecule has 0 spiro atoms. The van der Waals surface area contributed by atoms with Gasteiger partial charge in [0, 0.05) is 31.6 Å². The van der Waals surface area contributed by atoms with E-state index < -0.39 is 47.6 Å². The van der Waals surface area contributed by atoms with Gasteiger partial charge in [0.05, 0.1) is 28.4 Å². The number of ether oxygens (including phenoxy) is 2. The number of hydrogen-bond acceptors (Lipinski definition) is 10. The summed E-state index contributed by atoms with van der Waals surface area (Å²) < 4.78 is 26.0. The van der Waals surface area contributed by atoms with Gasteiger partial charge < -0.3 is 45.9 Å². The lowest BCUT2D eigenvalue weighted by Crippen LogP contribution is -2.51. The molecule has 1 amide bonds. The zero-order valence-electron chi connectivity index (χ0n) is 21.1. The first-order valence-corrected chi connectivity index (χ1v) is 12.5. The van der Waals surface area contributed by atoms with Gasteiger partial charge in [-0.05, 0) is 39.2 Å². The number of alkyl halides is 1. The maximum Gasteiger partial charge on any atom is 0.341 e. The Balaban J connectivity index is 1.69.